The number of hydrogen-bond acceptors (Lipinski definition) is 5. The number of carbonyl (C=O) groups is 1. The van der Waals surface area contributed by atoms with Crippen molar-refractivity contribution < 1.29 is 19.0 Å². The van der Waals surface area contributed by atoms with Crippen LogP contribution < -0.4 is 24.8 Å². The van der Waals surface area contributed by atoms with E-state index >= 15 is 0 Å². The normalized spacial score (nSPS) is 9.96. The number of methoxy groups -OCH3 is 2. The molecule has 2 aromatic rings. The molecular formula is C19H22N2O4S. The maximum atomic E-state index is 12.3. The second-order valence-corrected chi connectivity index (χ2v) is 5.76. The number of nitrogens with one attached hydrogen (secondary N) is 2. The number of anilines is 1. The van der Waals surface area contributed by atoms with E-state index in [1.165, 1.54) is 0 Å². The van der Waals surface area contributed by atoms with Gasteiger partial charge in [0, 0.05) is 17.3 Å². The molecule has 0 atom stereocenters. The molecule has 26 heavy (non-hydrogen) atoms. The van der Waals surface area contributed by atoms with Gasteiger partial charge in [-0.1, -0.05) is 6.92 Å². The van der Waals surface area contributed by atoms with Crippen molar-refractivity contribution in [1.82, 2.24) is 5.32 Å². The van der Waals surface area contributed by atoms with Crippen LogP contribution in [-0.2, 0) is 0 Å². The van der Waals surface area contributed by atoms with E-state index in [1.807, 2.05) is 6.92 Å². The Hall–Kier alpha value is -2.80. The smallest absolute Gasteiger partial charge is 0.257 e. The molecule has 0 aromatic heterocycles. The summed E-state index contributed by atoms with van der Waals surface area (Å²) in [5, 5.41) is 5.78. The molecule has 0 aliphatic heterocycles. The van der Waals surface area contributed by atoms with Gasteiger partial charge in [-0.05, 0) is 55.0 Å². The van der Waals surface area contributed by atoms with Crippen molar-refractivity contribution in [1.29, 1.82) is 0 Å². The zero-order valence-electron chi connectivity index (χ0n) is 15.0. The van der Waals surface area contributed by atoms with Crippen LogP contribution in [0.3, 0.4) is 0 Å². The molecular weight excluding hydrogens is 352 g/mol. The Labute approximate surface area is 158 Å². The van der Waals surface area contributed by atoms with E-state index in [4.69, 9.17) is 26.4 Å². The summed E-state index contributed by atoms with van der Waals surface area (Å²) in [5.74, 6) is 1.60. The molecule has 0 heterocycles. The van der Waals surface area contributed by atoms with E-state index < -0.39 is 0 Å². The van der Waals surface area contributed by atoms with Crippen LogP contribution in [0.25, 0.3) is 0 Å². The number of thiocarbonyl (C=S) groups is 1. The highest BCUT2D eigenvalue weighted by Crippen LogP contribution is 2.29. The Balaban J connectivity index is 1.95. The lowest BCUT2D eigenvalue weighted by atomic mass is 10.2. The lowest BCUT2D eigenvalue weighted by molar-refractivity contribution is 0.0977. The fourth-order valence-electron chi connectivity index (χ4n) is 2.17. The number of rotatable bonds is 7. The summed E-state index contributed by atoms with van der Waals surface area (Å²) >= 11 is 5.20. The number of amides is 1. The van der Waals surface area contributed by atoms with Crippen LogP contribution in [-0.4, -0.2) is 31.8 Å². The topological polar surface area (TPSA) is 68.8 Å². The largest absolute Gasteiger partial charge is 0.494 e. The minimum atomic E-state index is -0.301. The zero-order valence-corrected chi connectivity index (χ0v) is 15.8. The van der Waals surface area contributed by atoms with Crippen LogP contribution >= 0.6 is 12.2 Å². The fourth-order valence-corrected chi connectivity index (χ4v) is 2.38. The summed E-state index contributed by atoms with van der Waals surface area (Å²) in [6, 6.07) is 12.2. The Morgan fingerprint density at radius 3 is 2.35 bits per heavy atom. The first-order chi connectivity index (χ1) is 12.6. The highest BCUT2D eigenvalue weighted by molar-refractivity contribution is 7.80. The monoisotopic (exact) mass is 374 g/mol. The summed E-state index contributed by atoms with van der Waals surface area (Å²) in [5.41, 5.74) is 1.17. The van der Waals surface area contributed by atoms with Gasteiger partial charge in [0.1, 0.15) is 5.75 Å². The number of hydrogen-bond donors (Lipinski definition) is 2. The first kappa shape index (κ1) is 19.5. The molecule has 0 spiro atoms. The van der Waals surface area contributed by atoms with Gasteiger partial charge in [0.25, 0.3) is 5.91 Å². The average molecular weight is 374 g/mol. The van der Waals surface area contributed by atoms with Crippen LogP contribution in [0.15, 0.2) is 42.5 Å². The van der Waals surface area contributed by atoms with Crippen molar-refractivity contribution in [3.8, 4) is 17.2 Å². The Morgan fingerprint density at radius 1 is 1.04 bits per heavy atom. The van der Waals surface area contributed by atoms with Crippen molar-refractivity contribution in [2.24, 2.45) is 0 Å². The minimum Gasteiger partial charge on any atom is -0.494 e. The van der Waals surface area contributed by atoms with Crippen LogP contribution in [0.1, 0.15) is 23.7 Å². The van der Waals surface area contributed by atoms with Crippen LogP contribution in [0.4, 0.5) is 5.69 Å². The molecule has 0 saturated heterocycles. The lowest BCUT2D eigenvalue weighted by Crippen LogP contribution is -2.34. The molecule has 0 aliphatic rings. The van der Waals surface area contributed by atoms with E-state index in [0.717, 1.165) is 12.2 Å². The molecule has 0 fully saturated rings. The van der Waals surface area contributed by atoms with Gasteiger partial charge < -0.3 is 19.5 Å². The van der Waals surface area contributed by atoms with Gasteiger partial charge >= 0.3 is 0 Å². The summed E-state index contributed by atoms with van der Waals surface area (Å²) in [6.07, 6.45) is 0.929. The summed E-state index contributed by atoms with van der Waals surface area (Å²) in [6.45, 7) is 2.68. The van der Waals surface area contributed by atoms with Gasteiger partial charge in [0.2, 0.25) is 0 Å². The molecule has 0 unspecified atom stereocenters. The van der Waals surface area contributed by atoms with Crippen molar-refractivity contribution in [2.75, 3.05) is 26.1 Å². The number of benzene rings is 2. The Morgan fingerprint density at radius 2 is 1.73 bits per heavy atom. The molecule has 1 amide bonds. The molecule has 7 heteroatoms. The third kappa shape index (κ3) is 5.35. The predicted octanol–water partition coefficient (Wildman–Crippen LogP) is 3.62. The van der Waals surface area contributed by atoms with Gasteiger partial charge in [0.15, 0.2) is 16.6 Å². The van der Waals surface area contributed by atoms with E-state index in [1.54, 1.807) is 56.7 Å². The highest BCUT2D eigenvalue weighted by atomic mass is 32.1. The van der Waals surface area contributed by atoms with E-state index in [2.05, 4.69) is 10.6 Å². The highest BCUT2D eigenvalue weighted by Gasteiger charge is 2.10. The lowest BCUT2D eigenvalue weighted by Gasteiger charge is -2.12. The predicted molar refractivity (Wildman–Crippen MR) is 105 cm³/mol. The van der Waals surface area contributed by atoms with Crippen molar-refractivity contribution in [3.63, 3.8) is 0 Å². The number of ether oxygens (including phenoxy) is 3. The molecule has 0 radical (unpaired) electrons. The Bertz CT molecular complexity index is 763. The quantitative estimate of drug-likeness (QED) is 0.722. The second kappa shape index (κ2) is 9.62. The summed E-state index contributed by atoms with van der Waals surface area (Å²) in [4.78, 5) is 12.3. The standard InChI is InChI=1S/C19H22N2O4S/c1-4-11-25-15-8-5-13(6-9-15)18(22)21-19(26)20-14-7-10-16(23-2)17(12-14)24-3/h5-10,12H,4,11H2,1-3H3,(H2,20,21,22,26). The Kier molecular flexibility index (Phi) is 7.23. The van der Waals surface area contributed by atoms with Gasteiger partial charge in [-0.2, -0.15) is 0 Å². The molecule has 2 N–H and O–H groups in total. The molecule has 2 rings (SSSR count). The fraction of sp³-hybridized carbons (Fsp3) is 0.263. The summed E-state index contributed by atoms with van der Waals surface area (Å²) < 4.78 is 15.9. The third-order valence-electron chi connectivity index (χ3n) is 3.46. The average Bonchev–Trinajstić information content (AvgIpc) is 2.66. The van der Waals surface area contributed by atoms with Crippen LogP contribution in [0.2, 0.25) is 0 Å². The molecule has 0 aliphatic carbocycles. The van der Waals surface area contributed by atoms with Gasteiger partial charge in [-0.15, -0.1) is 0 Å². The SMILES string of the molecule is CCCOc1ccc(C(=O)NC(=S)Nc2ccc(OC)c(OC)c2)cc1. The van der Waals surface area contributed by atoms with Gasteiger partial charge in [-0.25, -0.2) is 0 Å². The number of carbonyl (C=O) groups excluding carboxylic acids is 1. The first-order valence-corrected chi connectivity index (χ1v) is 8.55. The maximum absolute atomic E-state index is 12.3. The molecule has 0 saturated carbocycles. The molecule has 2 aromatic carbocycles. The van der Waals surface area contributed by atoms with E-state index in [9.17, 15) is 4.79 Å². The molecule has 6 nitrogen and oxygen atoms in total. The second-order valence-electron chi connectivity index (χ2n) is 5.35. The molecule has 0 bridgehead atoms. The van der Waals surface area contributed by atoms with Gasteiger partial charge in [0.05, 0.1) is 20.8 Å². The third-order valence-corrected chi connectivity index (χ3v) is 3.66. The maximum Gasteiger partial charge on any atom is 0.257 e. The van der Waals surface area contributed by atoms with Gasteiger partial charge in [-0.3, -0.25) is 10.1 Å². The van der Waals surface area contributed by atoms with Crippen molar-refractivity contribution in [2.45, 2.75) is 13.3 Å². The van der Waals surface area contributed by atoms with E-state index in [-0.39, 0.29) is 11.0 Å². The summed E-state index contributed by atoms with van der Waals surface area (Å²) in [7, 11) is 3.12. The van der Waals surface area contributed by atoms with E-state index in [0.29, 0.717) is 29.4 Å². The first-order valence-electron chi connectivity index (χ1n) is 8.14. The minimum absolute atomic E-state index is 0.188. The van der Waals surface area contributed by atoms with Crippen molar-refractivity contribution >= 4 is 28.9 Å². The van der Waals surface area contributed by atoms with Crippen LogP contribution in [0, 0.1) is 0 Å². The van der Waals surface area contributed by atoms with Crippen LogP contribution in [0.5, 0.6) is 17.2 Å². The molecule has 138 valence electrons. The van der Waals surface area contributed by atoms with Crippen molar-refractivity contribution in [3.05, 3.63) is 48.0 Å². The zero-order chi connectivity index (χ0) is 18.9.